The molecule has 0 fully saturated rings. The highest BCUT2D eigenvalue weighted by molar-refractivity contribution is 7.13. The Morgan fingerprint density at radius 1 is 1.38 bits per heavy atom. The number of carbonyl (C=O) groups is 1. The number of fused-ring (bicyclic) bond motifs is 1. The van der Waals surface area contributed by atoms with Gasteiger partial charge in [-0.15, -0.1) is 11.3 Å². The molecule has 0 atom stereocenters. The number of nitrogens with zero attached hydrogens (tertiary/aromatic N) is 1. The molecule has 0 unspecified atom stereocenters. The first-order chi connectivity index (χ1) is 9.61. The number of carbonyl (C=O) groups excluding carboxylic acids is 1. The number of thiazole rings is 1. The van der Waals surface area contributed by atoms with Crippen LogP contribution < -0.4 is 0 Å². The SMILES string of the molecule is CC1(C)CC(=O)c2sc(COCC(F)(F)C(F)F)nc2C1. The van der Waals surface area contributed by atoms with E-state index in [1.54, 1.807) is 0 Å². The van der Waals surface area contributed by atoms with Gasteiger partial charge < -0.3 is 4.74 Å². The van der Waals surface area contributed by atoms with Gasteiger partial charge in [0.1, 0.15) is 11.6 Å². The molecule has 1 aliphatic rings. The van der Waals surface area contributed by atoms with Crippen LogP contribution in [-0.4, -0.2) is 29.7 Å². The molecule has 0 amide bonds. The number of rotatable bonds is 5. The molecule has 0 saturated heterocycles. The first-order valence-corrected chi connectivity index (χ1v) is 7.18. The number of alkyl halides is 4. The number of ether oxygens (including phenoxy) is 1. The van der Waals surface area contributed by atoms with Crippen molar-refractivity contribution in [1.29, 1.82) is 0 Å². The van der Waals surface area contributed by atoms with E-state index in [-0.39, 0.29) is 17.8 Å². The molecule has 1 aromatic rings. The summed E-state index contributed by atoms with van der Waals surface area (Å²) >= 11 is 1.09. The van der Waals surface area contributed by atoms with Crippen molar-refractivity contribution < 1.29 is 27.1 Å². The van der Waals surface area contributed by atoms with Crippen LogP contribution in [0, 0.1) is 5.41 Å². The van der Waals surface area contributed by atoms with E-state index in [4.69, 9.17) is 0 Å². The Bertz CT molecular complexity index is 542. The lowest BCUT2D eigenvalue weighted by Crippen LogP contribution is -2.32. The first kappa shape index (κ1) is 16.4. The second-order valence-corrected chi connectivity index (χ2v) is 6.96. The molecule has 8 heteroatoms. The predicted octanol–water partition coefficient (Wildman–Crippen LogP) is 3.72. The molecule has 0 bridgehead atoms. The van der Waals surface area contributed by atoms with Gasteiger partial charge in [0, 0.05) is 6.42 Å². The van der Waals surface area contributed by atoms with E-state index < -0.39 is 19.0 Å². The average molecular weight is 325 g/mol. The highest BCUT2D eigenvalue weighted by Gasteiger charge is 2.41. The van der Waals surface area contributed by atoms with E-state index in [1.807, 2.05) is 13.8 Å². The molecule has 1 heterocycles. The highest BCUT2D eigenvalue weighted by Crippen LogP contribution is 2.37. The first-order valence-electron chi connectivity index (χ1n) is 6.36. The quantitative estimate of drug-likeness (QED) is 0.775. The largest absolute Gasteiger partial charge is 0.368 e. The molecule has 1 aliphatic carbocycles. The van der Waals surface area contributed by atoms with E-state index in [0.717, 1.165) is 11.3 Å². The normalized spacial score (nSPS) is 18.1. The molecular formula is C13H15F4NO2S. The third-order valence-corrected chi connectivity index (χ3v) is 4.23. The highest BCUT2D eigenvalue weighted by atomic mass is 32.1. The fourth-order valence-electron chi connectivity index (χ4n) is 2.17. The minimum absolute atomic E-state index is 0.0251. The van der Waals surface area contributed by atoms with Gasteiger partial charge in [0.05, 0.1) is 17.2 Å². The zero-order chi connectivity index (χ0) is 15.8. The molecule has 0 aromatic carbocycles. The summed E-state index contributed by atoms with van der Waals surface area (Å²) in [6, 6.07) is 0. The van der Waals surface area contributed by atoms with E-state index in [9.17, 15) is 22.4 Å². The Morgan fingerprint density at radius 2 is 2.05 bits per heavy atom. The van der Waals surface area contributed by atoms with Crippen molar-refractivity contribution in [2.75, 3.05) is 6.61 Å². The fourth-order valence-corrected chi connectivity index (χ4v) is 3.12. The van der Waals surface area contributed by atoms with Crippen molar-refractivity contribution in [3.63, 3.8) is 0 Å². The number of halogens is 4. The van der Waals surface area contributed by atoms with Gasteiger partial charge in [0.2, 0.25) is 0 Å². The van der Waals surface area contributed by atoms with Crippen molar-refractivity contribution in [3.05, 3.63) is 15.6 Å². The monoisotopic (exact) mass is 325 g/mol. The zero-order valence-corrected chi connectivity index (χ0v) is 12.4. The second kappa shape index (κ2) is 5.64. The molecule has 0 saturated carbocycles. The molecular weight excluding hydrogens is 310 g/mol. The number of Topliss-reactive ketones (excluding diaryl/α,β-unsaturated/α-hetero) is 1. The minimum Gasteiger partial charge on any atom is -0.368 e. The van der Waals surface area contributed by atoms with Gasteiger partial charge in [0.25, 0.3) is 0 Å². The third-order valence-electron chi connectivity index (χ3n) is 3.12. The Balaban J connectivity index is 2.00. The number of aromatic nitrogens is 1. The van der Waals surface area contributed by atoms with Gasteiger partial charge in [-0.2, -0.15) is 8.78 Å². The van der Waals surface area contributed by atoms with Gasteiger partial charge in [-0.1, -0.05) is 13.8 Å². The number of hydrogen-bond donors (Lipinski definition) is 0. The van der Waals surface area contributed by atoms with Crippen LogP contribution in [0.4, 0.5) is 17.6 Å². The van der Waals surface area contributed by atoms with E-state index in [2.05, 4.69) is 9.72 Å². The summed E-state index contributed by atoms with van der Waals surface area (Å²) in [4.78, 5) is 16.7. The van der Waals surface area contributed by atoms with Crippen LogP contribution in [0.5, 0.6) is 0 Å². The molecule has 0 spiro atoms. The summed E-state index contributed by atoms with van der Waals surface area (Å²) in [5, 5.41) is 0.358. The van der Waals surface area contributed by atoms with Crippen LogP contribution in [0.1, 0.15) is 40.6 Å². The summed E-state index contributed by atoms with van der Waals surface area (Å²) in [6.45, 7) is 2.24. The lowest BCUT2D eigenvalue weighted by Gasteiger charge is -2.26. The summed E-state index contributed by atoms with van der Waals surface area (Å²) in [5.41, 5.74) is 0.458. The maximum absolute atomic E-state index is 12.7. The molecule has 3 nitrogen and oxygen atoms in total. The van der Waals surface area contributed by atoms with Crippen LogP contribution in [0.2, 0.25) is 0 Å². The van der Waals surface area contributed by atoms with Crippen molar-refractivity contribution in [2.24, 2.45) is 5.41 Å². The van der Waals surface area contributed by atoms with Crippen LogP contribution in [-0.2, 0) is 17.8 Å². The Hall–Kier alpha value is -1.02. The van der Waals surface area contributed by atoms with Gasteiger partial charge in [0.15, 0.2) is 5.78 Å². The fraction of sp³-hybridized carbons (Fsp3) is 0.692. The Kier molecular flexibility index (Phi) is 4.39. The molecule has 1 aromatic heterocycles. The molecule has 118 valence electrons. The van der Waals surface area contributed by atoms with E-state index in [0.29, 0.717) is 28.4 Å². The average Bonchev–Trinajstić information content (AvgIpc) is 2.69. The lowest BCUT2D eigenvalue weighted by molar-refractivity contribution is -0.168. The summed E-state index contributed by atoms with van der Waals surface area (Å²) in [5.74, 6) is -4.20. The molecule has 0 N–H and O–H groups in total. The third kappa shape index (κ3) is 3.79. The molecule has 2 rings (SSSR count). The second-order valence-electron chi connectivity index (χ2n) is 5.88. The van der Waals surface area contributed by atoms with Crippen LogP contribution in [0.25, 0.3) is 0 Å². The molecule has 0 aliphatic heterocycles. The summed E-state index contributed by atoms with van der Waals surface area (Å²) in [7, 11) is 0. The maximum Gasteiger partial charge on any atom is 0.330 e. The van der Waals surface area contributed by atoms with Crippen molar-refractivity contribution in [2.45, 2.75) is 45.6 Å². The summed E-state index contributed by atoms with van der Waals surface area (Å²) in [6.07, 6.45) is -2.73. The summed E-state index contributed by atoms with van der Waals surface area (Å²) < 4.78 is 54.0. The van der Waals surface area contributed by atoms with E-state index >= 15 is 0 Å². The lowest BCUT2D eigenvalue weighted by atomic mass is 9.78. The van der Waals surface area contributed by atoms with Gasteiger partial charge in [-0.3, -0.25) is 4.79 Å². The molecule has 0 radical (unpaired) electrons. The van der Waals surface area contributed by atoms with Crippen LogP contribution in [0.15, 0.2) is 0 Å². The standard InChI is InChI=1S/C13H15F4NO2S/c1-12(2)3-7-10(8(19)4-12)21-9(18-7)5-20-6-13(16,17)11(14)15/h11H,3-6H2,1-2H3. The minimum atomic E-state index is -4.17. The Morgan fingerprint density at radius 3 is 2.67 bits per heavy atom. The van der Waals surface area contributed by atoms with Crippen molar-refractivity contribution in [3.8, 4) is 0 Å². The Labute approximate surface area is 123 Å². The number of hydrogen-bond acceptors (Lipinski definition) is 4. The van der Waals surface area contributed by atoms with Crippen LogP contribution in [0.3, 0.4) is 0 Å². The van der Waals surface area contributed by atoms with Crippen molar-refractivity contribution in [1.82, 2.24) is 4.98 Å². The van der Waals surface area contributed by atoms with Crippen LogP contribution >= 0.6 is 11.3 Å². The zero-order valence-electron chi connectivity index (χ0n) is 11.6. The topological polar surface area (TPSA) is 39.2 Å². The van der Waals surface area contributed by atoms with E-state index in [1.165, 1.54) is 0 Å². The predicted molar refractivity (Wildman–Crippen MR) is 69.2 cm³/mol. The van der Waals surface area contributed by atoms with Gasteiger partial charge >= 0.3 is 12.3 Å². The van der Waals surface area contributed by atoms with Gasteiger partial charge in [-0.25, -0.2) is 13.8 Å². The maximum atomic E-state index is 12.7. The number of ketones is 1. The van der Waals surface area contributed by atoms with Crippen molar-refractivity contribution >= 4 is 17.1 Å². The van der Waals surface area contributed by atoms with Gasteiger partial charge in [-0.05, 0) is 11.8 Å². The smallest absolute Gasteiger partial charge is 0.330 e. The molecule has 21 heavy (non-hydrogen) atoms.